The van der Waals surface area contributed by atoms with Crippen LogP contribution in [-0.2, 0) is 6.42 Å². The minimum Gasteiger partial charge on any atom is -0.341 e. The number of aromatic nitrogens is 3. The molecule has 1 fully saturated rings. The zero-order chi connectivity index (χ0) is 10.8. The summed E-state index contributed by atoms with van der Waals surface area (Å²) in [6.07, 6.45) is 6.93. The number of pyridine rings is 1. The van der Waals surface area contributed by atoms with Crippen LogP contribution in [0.4, 0.5) is 0 Å². The third-order valence-corrected chi connectivity index (χ3v) is 4.40. The smallest absolute Gasteiger partial charge is 0.177 e. The van der Waals surface area contributed by atoms with Gasteiger partial charge in [0.2, 0.25) is 0 Å². The molecule has 0 amide bonds. The molecule has 1 aliphatic heterocycles. The number of hydrogen-bond acceptors (Lipinski definition) is 3. The van der Waals surface area contributed by atoms with Crippen molar-refractivity contribution in [3.63, 3.8) is 0 Å². The van der Waals surface area contributed by atoms with Crippen molar-refractivity contribution in [1.29, 1.82) is 0 Å². The van der Waals surface area contributed by atoms with E-state index in [2.05, 4.69) is 26.7 Å². The molecule has 2 aromatic heterocycles. The molecule has 0 aromatic carbocycles. The molecule has 0 bridgehead atoms. The van der Waals surface area contributed by atoms with Gasteiger partial charge in [0.1, 0.15) is 5.82 Å². The largest absolute Gasteiger partial charge is 0.341 e. The first-order valence-corrected chi connectivity index (χ1v) is 6.88. The Balaban J connectivity index is 1.78. The lowest BCUT2D eigenvalue weighted by molar-refractivity contribution is 0.651. The van der Waals surface area contributed by atoms with E-state index in [0.717, 1.165) is 28.7 Å². The van der Waals surface area contributed by atoms with Gasteiger partial charge in [-0.05, 0) is 30.7 Å². The summed E-state index contributed by atoms with van der Waals surface area (Å²) in [5.74, 6) is 2.40. The number of H-pyrrole nitrogens is 1. The molecular weight excluding hydrogens is 218 g/mol. The fourth-order valence-corrected chi connectivity index (χ4v) is 3.49. The Morgan fingerprint density at radius 2 is 2.44 bits per heavy atom. The van der Waals surface area contributed by atoms with Gasteiger partial charge in [-0.15, -0.1) is 0 Å². The molecule has 3 heterocycles. The van der Waals surface area contributed by atoms with Crippen LogP contribution in [0.2, 0.25) is 0 Å². The van der Waals surface area contributed by atoms with Crippen molar-refractivity contribution in [2.24, 2.45) is 0 Å². The van der Waals surface area contributed by atoms with Gasteiger partial charge in [0.25, 0.3) is 0 Å². The predicted octanol–water partition coefficient (Wildman–Crippen LogP) is 2.79. The van der Waals surface area contributed by atoms with Crippen LogP contribution in [0.1, 0.15) is 25.1 Å². The highest BCUT2D eigenvalue weighted by molar-refractivity contribution is 7.99. The monoisotopic (exact) mass is 233 g/mol. The van der Waals surface area contributed by atoms with Crippen LogP contribution in [0.3, 0.4) is 0 Å². The first-order chi connectivity index (χ1) is 7.92. The molecule has 4 heteroatoms. The number of nitrogens with zero attached hydrogens (tertiary/aromatic N) is 2. The van der Waals surface area contributed by atoms with Crippen LogP contribution in [0.25, 0.3) is 11.2 Å². The maximum absolute atomic E-state index is 4.53. The molecule has 1 saturated heterocycles. The van der Waals surface area contributed by atoms with E-state index in [1.54, 1.807) is 6.20 Å². The number of fused-ring (bicyclic) bond motifs is 1. The lowest BCUT2D eigenvalue weighted by Gasteiger charge is -2.19. The van der Waals surface area contributed by atoms with Gasteiger partial charge in [0, 0.05) is 17.9 Å². The minimum absolute atomic E-state index is 0.745. The first-order valence-electron chi connectivity index (χ1n) is 5.83. The molecule has 1 unspecified atom stereocenters. The average Bonchev–Trinajstić information content (AvgIpc) is 2.72. The highest BCUT2D eigenvalue weighted by Crippen LogP contribution is 2.27. The van der Waals surface area contributed by atoms with Crippen molar-refractivity contribution < 1.29 is 0 Å². The summed E-state index contributed by atoms with van der Waals surface area (Å²) in [6, 6.07) is 3.98. The first kappa shape index (κ1) is 10.1. The van der Waals surface area contributed by atoms with Gasteiger partial charge < -0.3 is 4.98 Å². The van der Waals surface area contributed by atoms with Gasteiger partial charge >= 0.3 is 0 Å². The fraction of sp³-hybridized carbons (Fsp3) is 0.500. The molecule has 1 N–H and O–H groups in total. The van der Waals surface area contributed by atoms with Gasteiger partial charge in [-0.25, -0.2) is 9.97 Å². The summed E-state index contributed by atoms with van der Waals surface area (Å²) in [5.41, 5.74) is 1.90. The highest BCUT2D eigenvalue weighted by Gasteiger charge is 2.16. The SMILES string of the molecule is c1cnc2nc(CC3CCCCS3)[nH]c2c1. The summed E-state index contributed by atoms with van der Waals surface area (Å²) in [7, 11) is 0. The number of imidazole rings is 1. The van der Waals surface area contributed by atoms with Gasteiger partial charge in [-0.2, -0.15) is 11.8 Å². The third kappa shape index (κ3) is 2.07. The summed E-state index contributed by atoms with van der Waals surface area (Å²) < 4.78 is 0. The van der Waals surface area contributed by atoms with Crippen molar-refractivity contribution in [3.8, 4) is 0 Å². The normalized spacial score (nSPS) is 21.4. The molecule has 2 aromatic rings. The maximum Gasteiger partial charge on any atom is 0.177 e. The summed E-state index contributed by atoms with van der Waals surface area (Å²) in [5, 5.41) is 0.745. The van der Waals surface area contributed by atoms with Gasteiger partial charge in [0.05, 0.1) is 5.52 Å². The second-order valence-corrected chi connectivity index (χ2v) is 5.66. The van der Waals surface area contributed by atoms with Crippen molar-refractivity contribution in [2.75, 3.05) is 5.75 Å². The number of nitrogens with one attached hydrogen (secondary N) is 1. The van der Waals surface area contributed by atoms with Crippen molar-refractivity contribution >= 4 is 22.9 Å². The van der Waals surface area contributed by atoms with E-state index in [0.29, 0.717) is 0 Å². The maximum atomic E-state index is 4.53. The quantitative estimate of drug-likeness (QED) is 0.867. The third-order valence-electron chi connectivity index (χ3n) is 3.00. The molecule has 1 aliphatic rings. The second kappa shape index (κ2) is 4.45. The number of rotatable bonds is 2. The van der Waals surface area contributed by atoms with E-state index >= 15 is 0 Å². The molecule has 0 aliphatic carbocycles. The standard InChI is InChI=1S/C12H15N3S/c1-2-7-16-9(4-1)8-11-14-10-5-3-6-13-12(10)15-11/h3,5-6,9H,1-2,4,7-8H2,(H,13,14,15). The number of thioether (sulfide) groups is 1. The Morgan fingerprint density at radius 1 is 1.44 bits per heavy atom. The summed E-state index contributed by atoms with van der Waals surface area (Å²) in [4.78, 5) is 12.1. The van der Waals surface area contributed by atoms with Crippen LogP contribution >= 0.6 is 11.8 Å². The Kier molecular flexibility index (Phi) is 2.82. The molecule has 0 spiro atoms. The lowest BCUT2D eigenvalue weighted by Crippen LogP contribution is -2.13. The predicted molar refractivity (Wildman–Crippen MR) is 67.7 cm³/mol. The Bertz CT molecular complexity index is 441. The lowest BCUT2D eigenvalue weighted by atomic mass is 10.1. The van der Waals surface area contributed by atoms with Gasteiger partial charge in [0.15, 0.2) is 5.65 Å². The zero-order valence-electron chi connectivity index (χ0n) is 9.15. The molecule has 84 valence electrons. The Morgan fingerprint density at radius 3 is 3.25 bits per heavy atom. The summed E-state index contributed by atoms with van der Waals surface area (Å²) in [6.45, 7) is 0. The van der Waals surface area contributed by atoms with Crippen LogP contribution in [0.5, 0.6) is 0 Å². The van der Waals surface area contributed by atoms with E-state index in [9.17, 15) is 0 Å². The molecular formula is C12H15N3S. The van der Waals surface area contributed by atoms with Crippen molar-refractivity contribution in [3.05, 3.63) is 24.2 Å². The van der Waals surface area contributed by atoms with Gasteiger partial charge in [-0.3, -0.25) is 0 Å². The van der Waals surface area contributed by atoms with Crippen LogP contribution in [0, 0.1) is 0 Å². The number of aromatic amines is 1. The Labute approximate surface area is 99.1 Å². The molecule has 0 saturated carbocycles. The fourth-order valence-electron chi connectivity index (χ4n) is 2.18. The molecule has 1 atom stereocenters. The van der Waals surface area contributed by atoms with Crippen LogP contribution in [-0.4, -0.2) is 26.0 Å². The van der Waals surface area contributed by atoms with Crippen LogP contribution < -0.4 is 0 Å². The Hall–Kier alpha value is -1.03. The average molecular weight is 233 g/mol. The molecule has 3 nitrogen and oxygen atoms in total. The van der Waals surface area contributed by atoms with E-state index < -0.39 is 0 Å². The second-order valence-electron chi connectivity index (χ2n) is 4.25. The zero-order valence-corrected chi connectivity index (χ0v) is 9.96. The molecule has 16 heavy (non-hydrogen) atoms. The highest BCUT2D eigenvalue weighted by atomic mass is 32.2. The van der Waals surface area contributed by atoms with E-state index in [4.69, 9.17) is 0 Å². The van der Waals surface area contributed by atoms with Crippen molar-refractivity contribution in [2.45, 2.75) is 30.9 Å². The van der Waals surface area contributed by atoms with Crippen LogP contribution in [0.15, 0.2) is 18.3 Å². The van der Waals surface area contributed by atoms with E-state index in [-0.39, 0.29) is 0 Å². The number of hydrogen-bond donors (Lipinski definition) is 1. The van der Waals surface area contributed by atoms with E-state index in [1.807, 2.05) is 12.1 Å². The molecule has 3 rings (SSSR count). The van der Waals surface area contributed by atoms with Crippen molar-refractivity contribution in [1.82, 2.24) is 15.0 Å². The summed E-state index contributed by atoms with van der Waals surface area (Å²) >= 11 is 2.09. The topological polar surface area (TPSA) is 41.6 Å². The minimum atomic E-state index is 0.745. The van der Waals surface area contributed by atoms with Gasteiger partial charge in [-0.1, -0.05) is 6.42 Å². The molecule has 0 radical (unpaired) electrons. The van der Waals surface area contributed by atoms with E-state index in [1.165, 1.54) is 25.0 Å².